The summed E-state index contributed by atoms with van der Waals surface area (Å²) in [5.41, 5.74) is 0.755. The molecule has 106 valence electrons. The summed E-state index contributed by atoms with van der Waals surface area (Å²) in [6.45, 7) is 5.44. The molecule has 0 aliphatic heterocycles. The topological polar surface area (TPSA) is 77.0 Å². The number of hydrogen-bond donors (Lipinski definition) is 1. The van der Waals surface area contributed by atoms with Gasteiger partial charge in [0.25, 0.3) is 0 Å². The molecule has 2 aromatic heterocycles. The Balaban J connectivity index is 2.10. The number of pyridine rings is 1. The molecule has 6 nitrogen and oxygen atoms in total. The number of aromatic nitrogens is 3. The van der Waals surface area contributed by atoms with Gasteiger partial charge < -0.3 is 10.1 Å². The lowest BCUT2D eigenvalue weighted by Gasteiger charge is -2.24. The van der Waals surface area contributed by atoms with Crippen molar-refractivity contribution in [2.24, 2.45) is 0 Å². The monoisotopic (exact) mass is 294 g/mol. The zero-order valence-electron chi connectivity index (χ0n) is 11.5. The number of amides is 1. The summed E-state index contributed by atoms with van der Waals surface area (Å²) in [5, 5.41) is 3.18. The molecular formula is C13H15ClN4O2. The highest BCUT2D eigenvalue weighted by molar-refractivity contribution is 6.29. The summed E-state index contributed by atoms with van der Waals surface area (Å²) in [7, 11) is 0. The Bertz CT molecular complexity index is 645. The van der Waals surface area contributed by atoms with Crippen molar-refractivity contribution in [2.75, 3.05) is 6.61 Å². The van der Waals surface area contributed by atoms with Gasteiger partial charge in [0, 0.05) is 6.92 Å². The van der Waals surface area contributed by atoms with Crippen molar-refractivity contribution in [3.63, 3.8) is 0 Å². The van der Waals surface area contributed by atoms with Crippen LogP contribution in [0.25, 0.3) is 11.0 Å². The molecule has 0 aromatic carbocycles. The number of hydrogen-bond acceptors (Lipinski definition) is 5. The predicted molar refractivity (Wildman–Crippen MR) is 75.7 cm³/mol. The molecule has 7 heteroatoms. The fourth-order valence-corrected chi connectivity index (χ4v) is 1.86. The first-order valence-electron chi connectivity index (χ1n) is 6.07. The number of carbonyl (C=O) groups excluding carboxylic acids is 1. The Morgan fingerprint density at radius 3 is 2.80 bits per heavy atom. The minimum absolute atomic E-state index is 0.114. The normalized spacial score (nSPS) is 11.4. The molecule has 0 atom stereocenters. The van der Waals surface area contributed by atoms with Gasteiger partial charge >= 0.3 is 6.01 Å². The van der Waals surface area contributed by atoms with E-state index in [1.807, 2.05) is 13.8 Å². The highest BCUT2D eigenvalue weighted by Crippen LogP contribution is 2.15. The van der Waals surface area contributed by atoms with E-state index in [0.29, 0.717) is 16.2 Å². The van der Waals surface area contributed by atoms with Gasteiger partial charge in [0.15, 0.2) is 0 Å². The van der Waals surface area contributed by atoms with Crippen LogP contribution in [0.15, 0.2) is 18.3 Å². The van der Waals surface area contributed by atoms with E-state index in [1.54, 1.807) is 18.3 Å². The molecule has 1 N–H and O–H groups in total. The van der Waals surface area contributed by atoms with Gasteiger partial charge in [0.1, 0.15) is 17.3 Å². The third-order valence-corrected chi connectivity index (χ3v) is 2.67. The summed E-state index contributed by atoms with van der Waals surface area (Å²) in [6, 6.07) is 3.64. The van der Waals surface area contributed by atoms with Gasteiger partial charge in [0.05, 0.1) is 17.3 Å². The second kappa shape index (κ2) is 5.58. The molecule has 0 unspecified atom stereocenters. The van der Waals surface area contributed by atoms with Crippen molar-refractivity contribution in [2.45, 2.75) is 26.3 Å². The molecule has 0 fully saturated rings. The number of rotatable bonds is 4. The number of carbonyl (C=O) groups is 1. The minimum Gasteiger partial charge on any atom is -0.461 e. The Morgan fingerprint density at radius 1 is 1.35 bits per heavy atom. The Labute approximate surface area is 121 Å². The average Bonchev–Trinajstić information content (AvgIpc) is 2.35. The van der Waals surface area contributed by atoms with Crippen LogP contribution in [0.1, 0.15) is 20.8 Å². The van der Waals surface area contributed by atoms with E-state index < -0.39 is 5.54 Å². The van der Waals surface area contributed by atoms with E-state index in [-0.39, 0.29) is 18.5 Å². The Hall–Kier alpha value is -1.95. The summed E-state index contributed by atoms with van der Waals surface area (Å²) < 4.78 is 5.51. The van der Waals surface area contributed by atoms with Crippen molar-refractivity contribution >= 4 is 28.5 Å². The highest BCUT2D eigenvalue weighted by Gasteiger charge is 2.20. The molecule has 0 radical (unpaired) electrons. The second-order valence-electron chi connectivity index (χ2n) is 5.04. The maximum atomic E-state index is 11.1. The first-order chi connectivity index (χ1) is 9.35. The van der Waals surface area contributed by atoms with Crippen LogP contribution in [0, 0.1) is 0 Å². The van der Waals surface area contributed by atoms with Crippen LogP contribution < -0.4 is 10.1 Å². The first kappa shape index (κ1) is 14.5. The molecule has 0 aliphatic carbocycles. The fourth-order valence-electron chi connectivity index (χ4n) is 1.71. The summed E-state index contributed by atoms with van der Waals surface area (Å²) >= 11 is 5.79. The van der Waals surface area contributed by atoms with E-state index in [4.69, 9.17) is 16.3 Å². The fraction of sp³-hybridized carbons (Fsp3) is 0.385. The van der Waals surface area contributed by atoms with Crippen LogP contribution in [-0.4, -0.2) is 33.0 Å². The van der Waals surface area contributed by atoms with Gasteiger partial charge in [-0.25, -0.2) is 9.97 Å². The zero-order chi connectivity index (χ0) is 14.8. The van der Waals surface area contributed by atoms with E-state index in [2.05, 4.69) is 20.3 Å². The molecule has 0 bridgehead atoms. The second-order valence-corrected chi connectivity index (χ2v) is 5.43. The number of nitrogens with one attached hydrogen (secondary N) is 1. The van der Waals surface area contributed by atoms with Gasteiger partial charge in [0.2, 0.25) is 5.91 Å². The molecular weight excluding hydrogens is 280 g/mol. The molecule has 0 spiro atoms. The van der Waals surface area contributed by atoms with E-state index in [9.17, 15) is 4.79 Å². The molecule has 0 saturated carbocycles. The van der Waals surface area contributed by atoms with Crippen LogP contribution >= 0.6 is 11.6 Å². The van der Waals surface area contributed by atoms with Gasteiger partial charge in [-0.05, 0) is 26.0 Å². The Kier molecular flexibility index (Phi) is 4.04. The lowest BCUT2D eigenvalue weighted by atomic mass is 10.1. The van der Waals surface area contributed by atoms with Crippen molar-refractivity contribution in [3.05, 3.63) is 23.5 Å². The van der Waals surface area contributed by atoms with E-state index >= 15 is 0 Å². The smallest absolute Gasteiger partial charge is 0.317 e. The van der Waals surface area contributed by atoms with Crippen LogP contribution in [-0.2, 0) is 4.79 Å². The van der Waals surface area contributed by atoms with Crippen LogP contribution in [0.5, 0.6) is 6.01 Å². The van der Waals surface area contributed by atoms with Gasteiger partial charge in [-0.1, -0.05) is 11.6 Å². The lowest BCUT2D eigenvalue weighted by molar-refractivity contribution is -0.120. The maximum absolute atomic E-state index is 11.1. The van der Waals surface area contributed by atoms with Crippen LogP contribution in [0.2, 0.25) is 5.15 Å². The van der Waals surface area contributed by atoms with E-state index in [0.717, 1.165) is 0 Å². The average molecular weight is 295 g/mol. The highest BCUT2D eigenvalue weighted by atomic mass is 35.5. The maximum Gasteiger partial charge on any atom is 0.317 e. The van der Waals surface area contributed by atoms with Gasteiger partial charge in [-0.2, -0.15) is 4.98 Å². The van der Waals surface area contributed by atoms with Crippen LogP contribution in [0.4, 0.5) is 0 Å². The molecule has 1 amide bonds. The number of nitrogens with zero attached hydrogens (tertiary/aromatic N) is 3. The molecule has 0 saturated heterocycles. The molecule has 2 aromatic rings. The third-order valence-electron chi connectivity index (χ3n) is 2.46. The van der Waals surface area contributed by atoms with E-state index in [1.165, 1.54) is 6.92 Å². The SMILES string of the molecule is CC(=O)NC(C)(C)COc1ncc2nc(Cl)ccc2n1. The molecule has 0 aliphatic rings. The third kappa shape index (κ3) is 3.77. The van der Waals surface area contributed by atoms with Gasteiger partial charge in [-0.15, -0.1) is 0 Å². The number of halogens is 1. The standard InChI is InChI=1S/C13H15ClN4O2/c1-8(19)18-13(2,3)7-20-12-15-6-10-9(17-12)4-5-11(14)16-10/h4-6H,7H2,1-3H3,(H,18,19). The van der Waals surface area contributed by atoms with Crippen LogP contribution in [0.3, 0.4) is 0 Å². The van der Waals surface area contributed by atoms with Crippen molar-refractivity contribution in [3.8, 4) is 6.01 Å². The summed E-state index contributed by atoms with van der Waals surface area (Å²) in [6.07, 6.45) is 1.55. The minimum atomic E-state index is -0.498. The first-order valence-corrected chi connectivity index (χ1v) is 6.44. The summed E-state index contributed by atoms with van der Waals surface area (Å²) in [4.78, 5) is 23.4. The predicted octanol–water partition coefficient (Wildman–Crippen LogP) is 1.97. The largest absolute Gasteiger partial charge is 0.461 e. The van der Waals surface area contributed by atoms with Crippen molar-refractivity contribution in [1.29, 1.82) is 0 Å². The van der Waals surface area contributed by atoms with Crippen molar-refractivity contribution in [1.82, 2.24) is 20.3 Å². The molecule has 2 rings (SSSR count). The molecule has 2 heterocycles. The van der Waals surface area contributed by atoms with Gasteiger partial charge in [-0.3, -0.25) is 4.79 Å². The quantitative estimate of drug-likeness (QED) is 0.872. The zero-order valence-corrected chi connectivity index (χ0v) is 12.2. The number of fused-ring (bicyclic) bond motifs is 1. The Morgan fingerprint density at radius 2 is 2.10 bits per heavy atom. The van der Waals surface area contributed by atoms with Crippen molar-refractivity contribution < 1.29 is 9.53 Å². The lowest BCUT2D eigenvalue weighted by Crippen LogP contribution is -2.47. The number of ether oxygens (including phenoxy) is 1. The summed E-state index contributed by atoms with van der Waals surface area (Å²) in [5.74, 6) is -0.114. The molecule has 20 heavy (non-hydrogen) atoms.